The number of carbonyl (C=O) groups is 2. The molecule has 0 aliphatic heterocycles. The molecule has 6 rings (SSSR count). The van der Waals surface area contributed by atoms with Gasteiger partial charge in [-0.05, 0) is 68.4 Å². The summed E-state index contributed by atoms with van der Waals surface area (Å²) in [5.74, 6) is 2.41. The van der Waals surface area contributed by atoms with Crippen LogP contribution in [0.2, 0.25) is 0 Å². The van der Waals surface area contributed by atoms with E-state index in [2.05, 4.69) is 4.98 Å². The molecule has 4 aliphatic carbocycles. The monoisotopic (exact) mass is 322 g/mol. The second-order valence-electron chi connectivity index (χ2n) is 8.32. The van der Waals surface area contributed by atoms with E-state index in [0.717, 1.165) is 30.3 Å². The average Bonchev–Trinajstić information content (AvgIpc) is 2.92. The molecule has 0 amide bonds. The maximum atomic E-state index is 13.7. The molecule has 0 unspecified atom stereocenters. The number of carbonyl (C=O) groups excluding carboxylic acids is 2. The summed E-state index contributed by atoms with van der Waals surface area (Å²) in [4.78, 5) is 30.3. The van der Waals surface area contributed by atoms with Gasteiger partial charge in [0.25, 0.3) is 0 Å². The highest BCUT2D eigenvalue weighted by atomic mass is 16.2. The first-order valence-corrected chi connectivity index (χ1v) is 9.09. The van der Waals surface area contributed by atoms with Crippen molar-refractivity contribution in [3.05, 3.63) is 30.1 Å². The molecule has 4 heteroatoms. The van der Waals surface area contributed by atoms with Gasteiger partial charge in [-0.1, -0.05) is 12.1 Å². The number of imidazole rings is 1. The molecule has 4 fully saturated rings. The molecule has 4 saturated carbocycles. The molecule has 1 heterocycles. The minimum atomic E-state index is -0.261. The fourth-order valence-corrected chi connectivity index (χ4v) is 6.08. The molecule has 0 radical (unpaired) electrons. The van der Waals surface area contributed by atoms with Crippen molar-refractivity contribution in [1.82, 2.24) is 9.55 Å². The molecule has 0 atom stereocenters. The standard InChI is InChI=1S/C20H22N2O2/c1-12(23)18-21-16-4-2-3-5-17(16)22(18)19(24)20-9-13-6-14(10-20)8-15(7-13)11-20/h2-5,13-15H,6-11H2,1H3. The number of fused-ring (bicyclic) bond motifs is 1. The molecule has 1 aromatic carbocycles. The zero-order chi connectivity index (χ0) is 16.5. The lowest BCUT2D eigenvalue weighted by Gasteiger charge is -2.55. The minimum Gasteiger partial charge on any atom is -0.291 e. The second kappa shape index (κ2) is 4.78. The van der Waals surface area contributed by atoms with Gasteiger partial charge in [0.15, 0.2) is 11.6 Å². The van der Waals surface area contributed by atoms with Gasteiger partial charge in [0.2, 0.25) is 5.91 Å². The van der Waals surface area contributed by atoms with E-state index in [1.807, 2.05) is 24.3 Å². The van der Waals surface area contributed by atoms with E-state index in [4.69, 9.17) is 0 Å². The van der Waals surface area contributed by atoms with Gasteiger partial charge in [0, 0.05) is 6.92 Å². The normalized spacial score (nSPS) is 34.0. The Morgan fingerprint density at radius 1 is 1.04 bits per heavy atom. The summed E-state index contributed by atoms with van der Waals surface area (Å²) in [5.41, 5.74) is 1.26. The van der Waals surface area contributed by atoms with E-state index in [1.165, 1.54) is 26.2 Å². The number of hydrogen-bond acceptors (Lipinski definition) is 3. The smallest absolute Gasteiger partial charge is 0.239 e. The third kappa shape index (κ3) is 1.89. The average molecular weight is 322 g/mol. The Kier molecular flexibility index (Phi) is 2.86. The Morgan fingerprint density at radius 2 is 1.62 bits per heavy atom. The molecule has 0 N–H and O–H groups in total. The van der Waals surface area contributed by atoms with Crippen LogP contribution < -0.4 is 0 Å². The molecule has 124 valence electrons. The van der Waals surface area contributed by atoms with E-state index < -0.39 is 0 Å². The minimum absolute atomic E-state index is 0.125. The molecule has 2 aromatic rings. The van der Waals surface area contributed by atoms with Crippen molar-refractivity contribution in [2.24, 2.45) is 23.2 Å². The van der Waals surface area contributed by atoms with E-state index in [-0.39, 0.29) is 17.1 Å². The predicted octanol–water partition coefficient (Wildman–Crippen LogP) is 4.10. The highest BCUT2D eigenvalue weighted by molar-refractivity contribution is 6.03. The number of para-hydroxylation sites is 2. The highest BCUT2D eigenvalue weighted by Crippen LogP contribution is 2.60. The summed E-state index contributed by atoms with van der Waals surface area (Å²) in [6, 6.07) is 7.61. The summed E-state index contributed by atoms with van der Waals surface area (Å²) < 4.78 is 1.64. The number of hydrogen-bond donors (Lipinski definition) is 0. The van der Waals surface area contributed by atoms with Crippen LogP contribution in [-0.2, 0) is 0 Å². The fourth-order valence-electron chi connectivity index (χ4n) is 6.08. The zero-order valence-electron chi connectivity index (χ0n) is 14.0. The third-order valence-corrected chi connectivity index (χ3v) is 6.57. The van der Waals surface area contributed by atoms with Crippen molar-refractivity contribution in [1.29, 1.82) is 0 Å². The quantitative estimate of drug-likeness (QED) is 0.782. The van der Waals surface area contributed by atoms with Crippen LogP contribution in [0.4, 0.5) is 0 Å². The van der Waals surface area contributed by atoms with Gasteiger partial charge in [-0.2, -0.15) is 0 Å². The van der Waals surface area contributed by atoms with Gasteiger partial charge in [-0.25, -0.2) is 4.98 Å². The molecular formula is C20H22N2O2. The van der Waals surface area contributed by atoms with Crippen molar-refractivity contribution in [3.8, 4) is 0 Å². The van der Waals surface area contributed by atoms with Gasteiger partial charge < -0.3 is 0 Å². The van der Waals surface area contributed by atoms with Gasteiger partial charge in [-0.3, -0.25) is 14.2 Å². The number of benzene rings is 1. The molecule has 0 spiro atoms. The Balaban J connectivity index is 1.66. The number of aromatic nitrogens is 2. The number of Topliss-reactive ketones (excluding diaryl/α,β-unsaturated/α-hetero) is 1. The Bertz CT molecular complexity index is 828. The maximum Gasteiger partial charge on any atom is 0.239 e. The third-order valence-electron chi connectivity index (χ3n) is 6.57. The number of nitrogens with zero attached hydrogens (tertiary/aromatic N) is 2. The lowest BCUT2D eigenvalue weighted by molar-refractivity contribution is -0.0399. The van der Waals surface area contributed by atoms with Crippen LogP contribution in [0.3, 0.4) is 0 Å². The summed E-state index contributed by atoms with van der Waals surface area (Å²) in [6.07, 6.45) is 6.91. The Morgan fingerprint density at radius 3 is 2.21 bits per heavy atom. The lowest BCUT2D eigenvalue weighted by atomic mass is 9.49. The first-order chi connectivity index (χ1) is 11.6. The van der Waals surface area contributed by atoms with E-state index in [9.17, 15) is 9.59 Å². The molecule has 1 aromatic heterocycles. The first-order valence-electron chi connectivity index (χ1n) is 9.09. The van der Waals surface area contributed by atoms with E-state index >= 15 is 0 Å². The molecule has 4 bridgehead atoms. The van der Waals surface area contributed by atoms with Crippen LogP contribution in [0, 0.1) is 23.2 Å². The number of ketones is 1. The van der Waals surface area contributed by atoms with Gasteiger partial charge in [0.1, 0.15) is 0 Å². The van der Waals surface area contributed by atoms with Crippen LogP contribution in [-0.4, -0.2) is 21.2 Å². The van der Waals surface area contributed by atoms with E-state index in [1.54, 1.807) is 4.57 Å². The summed E-state index contributed by atoms with van der Waals surface area (Å²) in [5, 5.41) is 0. The largest absolute Gasteiger partial charge is 0.291 e. The van der Waals surface area contributed by atoms with Crippen molar-refractivity contribution in [3.63, 3.8) is 0 Å². The van der Waals surface area contributed by atoms with Crippen LogP contribution in [0.5, 0.6) is 0 Å². The predicted molar refractivity (Wildman–Crippen MR) is 91.0 cm³/mol. The van der Waals surface area contributed by atoms with E-state index in [0.29, 0.717) is 23.6 Å². The van der Waals surface area contributed by atoms with Crippen molar-refractivity contribution in [2.45, 2.75) is 45.4 Å². The van der Waals surface area contributed by atoms with Crippen molar-refractivity contribution >= 4 is 22.7 Å². The molecular weight excluding hydrogens is 300 g/mol. The van der Waals surface area contributed by atoms with Gasteiger partial charge in [0.05, 0.1) is 16.4 Å². The summed E-state index contributed by atoms with van der Waals surface area (Å²) in [6.45, 7) is 1.50. The topological polar surface area (TPSA) is 52.0 Å². The summed E-state index contributed by atoms with van der Waals surface area (Å²) >= 11 is 0. The van der Waals surface area contributed by atoms with Crippen LogP contribution >= 0.6 is 0 Å². The zero-order valence-corrected chi connectivity index (χ0v) is 14.0. The lowest BCUT2D eigenvalue weighted by Crippen LogP contribution is -2.51. The second-order valence-corrected chi connectivity index (χ2v) is 8.32. The van der Waals surface area contributed by atoms with Crippen LogP contribution in [0.25, 0.3) is 11.0 Å². The van der Waals surface area contributed by atoms with Crippen molar-refractivity contribution in [2.75, 3.05) is 0 Å². The summed E-state index contributed by atoms with van der Waals surface area (Å²) in [7, 11) is 0. The molecule has 24 heavy (non-hydrogen) atoms. The molecule has 4 aliphatic rings. The Hall–Kier alpha value is -1.97. The maximum absolute atomic E-state index is 13.7. The number of rotatable bonds is 2. The van der Waals surface area contributed by atoms with Crippen LogP contribution in [0.1, 0.15) is 60.9 Å². The highest BCUT2D eigenvalue weighted by Gasteiger charge is 2.55. The van der Waals surface area contributed by atoms with Gasteiger partial charge in [-0.15, -0.1) is 0 Å². The van der Waals surface area contributed by atoms with Crippen LogP contribution in [0.15, 0.2) is 24.3 Å². The van der Waals surface area contributed by atoms with Gasteiger partial charge >= 0.3 is 0 Å². The molecule has 0 saturated heterocycles. The SMILES string of the molecule is CC(=O)c1nc2ccccc2n1C(=O)C12CC3CC(CC(C3)C1)C2. The van der Waals surface area contributed by atoms with Crippen molar-refractivity contribution < 1.29 is 9.59 Å². The molecule has 4 nitrogen and oxygen atoms in total. The first kappa shape index (κ1) is 14.4. The fraction of sp³-hybridized carbons (Fsp3) is 0.550. The Labute approximate surface area is 141 Å².